The van der Waals surface area contributed by atoms with Crippen LogP contribution < -0.4 is 11.1 Å². The number of benzene rings is 2. The third-order valence-electron chi connectivity index (χ3n) is 5.91. The molecule has 0 radical (unpaired) electrons. The minimum Gasteiger partial charge on any atom is -0.365 e. The summed E-state index contributed by atoms with van der Waals surface area (Å²) in [6, 6.07) is 9.82. The number of hydrogen-bond acceptors (Lipinski definition) is 5. The van der Waals surface area contributed by atoms with Crippen molar-refractivity contribution >= 4 is 51.7 Å². The lowest BCUT2D eigenvalue weighted by Gasteiger charge is -2.28. The molecule has 3 amide bonds. The number of carbonyl (C=O) groups is 2. The molecular weight excluding hydrogens is 491 g/mol. The summed E-state index contributed by atoms with van der Waals surface area (Å²) in [5, 5.41) is 22.2. The van der Waals surface area contributed by atoms with E-state index in [4.69, 9.17) is 34.2 Å². The molecule has 0 saturated carbocycles. The summed E-state index contributed by atoms with van der Waals surface area (Å²) in [7, 11) is 1.80. The highest BCUT2D eigenvalue weighted by Crippen LogP contribution is 2.34. The number of amides is 3. The molecule has 10 nitrogen and oxygen atoms in total. The molecule has 0 fully saturated rings. The number of fused-ring (bicyclic) bond motifs is 2. The summed E-state index contributed by atoms with van der Waals surface area (Å²) in [6.45, 7) is 0.870. The molecule has 1 aliphatic rings. The Morgan fingerprint density at radius 3 is 2.69 bits per heavy atom. The molecule has 35 heavy (non-hydrogen) atoms. The highest BCUT2D eigenvalue weighted by molar-refractivity contribution is 6.35. The van der Waals surface area contributed by atoms with Gasteiger partial charge >= 0.3 is 6.03 Å². The van der Waals surface area contributed by atoms with Crippen LogP contribution in [0.2, 0.25) is 10.0 Å². The molecule has 5 rings (SSSR count). The predicted molar refractivity (Wildman–Crippen MR) is 131 cm³/mol. The Labute approximate surface area is 209 Å². The Morgan fingerprint density at radius 2 is 1.97 bits per heavy atom. The number of nitriles is 1. The number of primary amides is 1. The van der Waals surface area contributed by atoms with Gasteiger partial charge in [0.15, 0.2) is 0 Å². The van der Waals surface area contributed by atoms with Gasteiger partial charge in [0, 0.05) is 30.2 Å². The van der Waals surface area contributed by atoms with E-state index in [2.05, 4.69) is 15.5 Å². The first-order valence-corrected chi connectivity index (χ1v) is 11.3. The molecule has 12 heteroatoms. The van der Waals surface area contributed by atoms with Gasteiger partial charge in [0.25, 0.3) is 5.91 Å². The molecule has 0 atom stereocenters. The van der Waals surface area contributed by atoms with Crippen LogP contribution in [0.15, 0.2) is 36.5 Å². The predicted octanol–water partition coefficient (Wildman–Crippen LogP) is 3.76. The van der Waals surface area contributed by atoms with Crippen molar-refractivity contribution in [2.75, 3.05) is 11.9 Å². The Bertz CT molecular complexity index is 1570. The largest absolute Gasteiger partial charge is 0.365 e. The molecule has 0 unspecified atom stereocenters. The van der Waals surface area contributed by atoms with E-state index in [0.29, 0.717) is 46.3 Å². The maximum absolute atomic E-state index is 12.9. The summed E-state index contributed by atoms with van der Waals surface area (Å²) >= 11 is 12.6. The van der Waals surface area contributed by atoms with Gasteiger partial charge in [-0.25, -0.2) is 4.79 Å². The van der Waals surface area contributed by atoms with Gasteiger partial charge in [-0.15, -0.1) is 0 Å². The number of aromatic nitrogens is 4. The van der Waals surface area contributed by atoms with E-state index in [1.54, 1.807) is 39.6 Å². The normalized spacial score (nSPS) is 12.9. The SMILES string of the molecule is Cn1ncc2cc(-c3nn4c(c3C(N)=O)CN(C(=O)Nc3ccc(C#N)c(Cl)c3)CC4)cc(Cl)c21. The van der Waals surface area contributed by atoms with Crippen LogP contribution >= 0.6 is 23.2 Å². The number of nitrogens with one attached hydrogen (secondary N) is 1. The number of halogens is 2. The number of aryl methyl sites for hydroxylation is 1. The van der Waals surface area contributed by atoms with Gasteiger partial charge in [0.1, 0.15) is 11.8 Å². The summed E-state index contributed by atoms with van der Waals surface area (Å²) in [5.74, 6) is -0.648. The fraction of sp³-hybridized carbons (Fsp3) is 0.174. The van der Waals surface area contributed by atoms with Crippen molar-refractivity contribution in [3.05, 3.63) is 63.4 Å². The second-order valence-electron chi connectivity index (χ2n) is 8.08. The molecule has 176 valence electrons. The number of hydrogen-bond donors (Lipinski definition) is 2. The molecule has 2 aromatic heterocycles. The van der Waals surface area contributed by atoms with Crippen LogP contribution in [0.3, 0.4) is 0 Å². The third-order valence-corrected chi connectivity index (χ3v) is 6.52. The van der Waals surface area contributed by atoms with E-state index >= 15 is 0 Å². The van der Waals surface area contributed by atoms with E-state index in [1.807, 2.05) is 12.1 Å². The molecule has 0 spiro atoms. The summed E-state index contributed by atoms with van der Waals surface area (Å²) in [4.78, 5) is 27.0. The maximum Gasteiger partial charge on any atom is 0.322 e. The Hall–Kier alpha value is -4.07. The van der Waals surface area contributed by atoms with Crippen molar-refractivity contribution in [2.24, 2.45) is 12.8 Å². The summed E-state index contributed by atoms with van der Waals surface area (Å²) < 4.78 is 3.37. The average Bonchev–Trinajstić information content (AvgIpc) is 3.39. The van der Waals surface area contributed by atoms with Crippen molar-refractivity contribution < 1.29 is 9.59 Å². The Morgan fingerprint density at radius 1 is 1.17 bits per heavy atom. The first-order valence-electron chi connectivity index (χ1n) is 10.5. The van der Waals surface area contributed by atoms with E-state index in [0.717, 1.165) is 10.9 Å². The smallest absolute Gasteiger partial charge is 0.322 e. The van der Waals surface area contributed by atoms with Crippen LogP contribution in [0.25, 0.3) is 22.2 Å². The molecule has 3 N–H and O–H groups in total. The van der Waals surface area contributed by atoms with E-state index in [1.165, 1.54) is 12.1 Å². The van der Waals surface area contributed by atoms with Crippen LogP contribution in [0.4, 0.5) is 10.5 Å². The van der Waals surface area contributed by atoms with Gasteiger partial charge in [-0.1, -0.05) is 23.2 Å². The Kier molecular flexibility index (Phi) is 5.59. The number of anilines is 1. The van der Waals surface area contributed by atoms with Crippen LogP contribution in [0, 0.1) is 11.3 Å². The van der Waals surface area contributed by atoms with Gasteiger partial charge in [-0.05, 0) is 30.3 Å². The van der Waals surface area contributed by atoms with Gasteiger partial charge in [0.05, 0.1) is 51.7 Å². The lowest BCUT2D eigenvalue weighted by atomic mass is 10.0. The van der Waals surface area contributed by atoms with Crippen molar-refractivity contribution in [1.29, 1.82) is 5.26 Å². The van der Waals surface area contributed by atoms with E-state index < -0.39 is 5.91 Å². The summed E-state index contributed by atoms with van der Waals surface area (Å²) in [5.41, 5.74) is 9.11. The highest BCUT2D eigenvalue weighted by Gasteiger charge is 2.30. The van der Waals surface area contributed by atoms with Crippen LogP contribution in [-0.2, 0) is 20.1 Å². The number of urea groups is 1. The number of carbonyl (C=O) groups excluding carboxylic acids is 2. The Balaban J connectivity index is 1.46. The van der Waals surface area contributed by atoms with Crippen molar-refractivity contribution in [2.45, 2.75) is 13.1 Å². The van der Waals surface area contributed by atoms with Crippen LogP contribution in [-0.4, -0.2) is 42.9 Å². The average molecular weight is 509 g/mol. The standard InChI is InChI=1S/C23H18Cl2N8O2/c1-31-21-14(10-28-31)6-13(7-17(21)25)20-19(22(27)34)18-11-32(4-5-33(18)30-20)23(35)29-15-3-2-12(9-26)16(24)8-15/h2-3,6-8,10H,4-5,11H2,1H3,(H2,27,34)(H,29,35). The molecule has 2 aromatic carbocycles. The molecular formula is C23H18Cl2N8O2. The van der Waals surface area contributed by atoms with Gasteiger partial charge < -0.3 is 16.0 Å². The van der Waals surface area contributed by atoms with Gasteiger partial charge in [-0.2, -0.15) is 15.5 Å². The summed E-state index contributed by atoms with van der Waals surface area (Å²) in [6.07, 6.45) is 1.69. The molecule has 3 heterocycles. The lowest BCUT2D eigenvalue weighted by Crippen LogP contribution is -2.41. The first-order chi connectivity index (χ1) is 16.8. The zero-order valence-corrected chi connectivity index (χ0v) is 19.9. The van der Waals surface area contributed by atoms with Crippen LogP contribution in [0.1, 0.15) is 21.6 Å². The first kappa shape index (κ1) is 22.7. The highest BCUT2D eigenvalue weighted by atomic mass is 35.5. The fourth-order valence-corrected chi connectivity index (χ4v) is 4.81. The fourth-order valence-electron chi connectivity index (χ4n) is 4.24. The van der Waals surface area contributed by atoms with E-state index in [-0.39, 0.29) is 23.2 Å². The maximum atomic E-state index is 12.9. The minimum absolute atomic E-state index is 0.129. The van der Waals surface area contributed by atoms with Crippen molar-refractivity contribution in [3.8, 4) is 17.3 Å². The molecule has 0 aliphatic carbocycles. The second kappa shape index (κ2) is 8.61. The molecule has 4 aromatic rings. The van der Waals surface area contributed by atoms with Gasteiger partial charge in [0.2, 0.25) is 0 Å². The monoisotopic (exact) mass is 508 g/mol. The zero-order chi connectivity index (χ0) is 24.9. The molecule has 1 aliphatic heterocycles. The quantitative estimate of drug-likeness (QED) is 0.434. The minimum atomic E-state index is -0.648. The number of rotatable bonds is 3. The van der Waals surface area contributed by atoms with Crippen molar-refractivity contribution in [1.82, 2.24) is 24.5 Å². The van der Waals surface area contributed by atoms with Gasteiger partial charge in [-0.3, -0.25) is 14.2 Å². The zero-order valence-electron chi connectivity index (χ0n) is 18.4. The molecule has 0 saturated heterocycles. The van der Waals surface area contributed by atoms with E-state index in [9.17, 15) is 9.59 Å². The second-order valence-corrected chi connectivity index (χ2v) is 8.89. The number of nitrogens with two attached hydrogens (primary N) is 1. The third kappa shape index (κ3) is 3.95. The van der Waals surface area contributed by atoms with Crippen molar-refractivity contribution in [3.63, 3.8) is 0 Å². The van der Waals surface area contributed by atoms with Crippen LogP contribution in [0.5, 0.6) is 0 Å². The number of nitrogens with zero attached hydrogens (tertiary/aromatic N) is 6. The topological polar surface area (TPSA) is 135 Å². The molecule has 0 bridgehead atoms. The lowest BCUT2D eigenvalue weighted by molar-refractivity contribution is 0.0997.